The van der Waals surface area contributed by atoms with Crippen LogP contribution >= 0.6 is 0 Å². The molecule has 2 heterocycles. The number of nitrogen functional groups attached to an aromatic ring is 1. The maximum absolute atomic E-state index is 12.7. The first-order valence-corrected chi connectivity index (χ1v) is 7.85. The minimum atomic E-state index is -3.58. The fourth-order valence-electron chi connectivity index (χ4n) is 2.49. The molecule has 2 aromatic rings. The molecule has 0 saturated heterocycles. The Morgan fingerprint density at radius 3 is 2.80 bits per heavy atom. The first kappa shape index (κ1) is 12.9. The third-order valence-corrected chi connectivity index (χ3v) is 5.26. The number of rotatable bonds is 2. The molecule has 0 radical (unpaired) electrons. The van der Waals surface area contributed by atoms with E-state index in [9.17, 15) is 8.42 Å². The Hall–Kier alpha value is -2.08. The molecule has 1 aromatic heterocycles. The summed E-state index contributed by atoms with van der Waals surface area (Å²) in [5.74, 6) is 0. The fraction of sp³-hybridized carbons (Fsp3) is 0.214. The van der Waals surface area contributed by atoms with Gasteiger partial charge in [-0.25, -0.2) is 8.42 Å². The van der Waals surface area contributed by atoms with Gasteiger partial charge >= 0.3 is 0 Å². The summed E-state index contributed by atoms with van der Waals surface area (Å²) >= 11 is 0. The Labute approximate surface area is 118 Å². The van der Waals surface area contributed by atoms with Crippen LogP contribution in [0.25, 0.3) is 0 Å². The molecule has 5 nitrogen and oxygen atoms in total. The molecule has 1 aliphatic heterocycles. The third-order valence-electron chi connectivity index (χ3n) is 3.47. The van der Waals surface area contributed by atoms with E-state index in [1.807, 2.05) is 0 Å². The van der Waals surface area contributed by atoms with Gasteiger partial charge in [0.2, 0.25) is 0 Å². The highest BCUT2D eigenvalue weighted by Gasteiger charge is 2.29. The van der Waals surface area contributed by atoms with Crippen molar-refractivity contribution in [1.29, 1.82) is 0 Å². The summed E-state index contributed by atoms with van der Waals surface area (Å²) < 4.78 is 26.8. The Kier molecular flexibility index (Phi) is 3.10. The molecule has 3 rings (SSSR count). The Morgan fingerprint density at radius 1 is 1.20 bits per heavy atom. The van der Waals surface area contributed by atoms with Gasteiger partial charge in [-0.1, -0.05) is 6.07 Å². The molecule has 1 aromatic carbocycles. The number of nitrogens with two attached hydrogens (primary N) is 1. The van der Waals surface area contributed by atoms with Gasteiger partial charge in [-0.2, -0.15) is 0 Å². The van der Waals surface area contributed by atoms with Crippen LogP contribution in [-0.4, -0.2) is 19.9 Å². The third kappa shape index (κ3) is 2.02. The lowest BCUT2D eigenvalue weighted by Crippen LogP contribution is -2.35. The summed E-state index contributed by atoms with van der Waals surface area (Å²) in [7, 11) is -3.58. The first-order valence-electron chi connectivity index (χ1n) is 6.41. The normalized spacial score (nSPS) is 14.9. The number of hydrogen-bond donors (Lipinski definition) is 1. The molecule has 2 N–H and O–H groups in total. The van der Waals surface area contributed by atoms with Gasteiger partial charge in [-0.15, -0.1) is 0 Å². The van der Waals surface area contributed by atoms with Crippen molar-refractivity contribution in [3.63, 3.8) is 0 Å². The molecule has 0 unspecified atom stereocenters. The molecule has 0 saturated carbocycles. The van der Waals surface area contributed by atoms with E-state index in [4.69, 9.17) is 5.73 Å². The van der Waals surface area contributed by atoms with Gasteiger partial charge in [0.25, 0.3) is 10.0 Å². The van der Waals surface area contributed by atoms with E-state index in [1.165, 1.54) is 10.5 Å². The van der Waals surface area contributed by atoms with E-state index < -0.39 is 10.0 Å². The molecule has 6 heteroatoms. The van der Waals surface area contributed by atoms with Crippen molar-refractivity contribution in [1.82, 2.24) is 4.98 Å². The number of hydrogen-bond acceptors (Lipinski definition) is 4. The zero-order chi connectivity index (χ0) is 14.2. The average molecular weight is 289 g/mol. The van der Waals surface area contributed by atoms with Crippen LogP contribution in [0, 0.1) is 0 Å². The van der Waals surface area contributed by atoms with Gasteiger partial charge in [-0.05, 0) is 42.7 Å². The van der Waals surface area contributed by atoms with Gasteiger partial charge in [-0.3, -0.25) is 9.29 Å². The van der Waals surface area contributed by atoms with Crippen molar-refractivity contribution in [3.05, 3.63) is 48.3 Å². The molecule has 20 heavy (non-hydrogen) atoms. The van der Waals surface area contributed by atoms with Crippen LogP contribution in [0.3, 0.4) is 0 Å². The number of nitrogens with zero attached hydrogens (tertiary/aromatic N) is 2. The Balaban J connectivity index is 2.12. The highest BCUT2D eigenvalue weighted by molar-refractivity contribution is 7.92. The SMILES string of the molecule is Nc1cccc2c1CCCN2S(=O)(=O)c1cccnc1. The van der Waals surface area contributed by atoms with Crippen LogP contribution in [0.1, 0.15) is 12.0 Å². The van der Waals surface area contributed by atoms with E-state index in [-0.39, 0.29) is 4.90 Å². The molecule has 1 aliphatic rings. The topological polar surface area (TPSA) is 76.3 Å². The number of anilines is 2. The van der Waals surface area contributed by atoms with Gasteiger partial charge in [0.05, 0.1) is 5.69 Å². The number of aromatic nitrogens is 1. The average Bonchev–Trinajstić information content (AvgIpc) is 2.48. The monoisotopic (exact) mass is 289 g/mol. The van der Waals surface area contributed by atoms with Crippen LogP contribution in [0.4, 0.5) is 11.4 Å². The highest BCUT2D eigenvalue weighted by atomic mass is 32.2. The zero-order valence-electron chi connectivity index (χ0n) is 10.9. The van der Waals surface area contributed by atoms with E-state index in [0.717, 1.165) is 18.4 Å². The van der Waals surface area contributed by atoms with Crippen LogP contribution in [0.5, 0.6) is 0 Å². The van der Waals surface area contributed by atoms with Crippen molar-refractivity contribution in [2.24, 2.45) is 0 Å². The molecular formula is C14H15N3O2S. The summed E-state index contributed by atoms with van der Waals surface area (Å²) in [6, 6.07) is 8.57. The number of sulfonamides is 1. The second-order valence-corrected chi connectivity index (χ2v) is 6.58. The second-order valence-electron chi connectivity index (χ2n) is 4.71. The summed E-state index contributed by atoms with van der Waals surface area (Å²) in [4.78, 5) is 4.09. The van der Waals surface area contributed by atoms with E-state index in [2.05, 4.69) is 4.98 Å². The van der Waals surface area contributed by atoms with Crippen LogP contribution in [-0.2, 0) is 16.4 Å². The standard InChI is InChI=1S/C14H15N3O2S/c15-13-6-1-7-14-12(13)5-3-9-17(14)20(18,19)11-4-2-8-16-10-11/h1-2,4,6-8,10H,3,5,9,15H2. The lowest BCUT2D eigenvalue weighted by atomic mass is 10.0. The van der Waals surface area contributed by atoms with Crippen molar-refractivity contribution in [3.8, 4) is 0 Å². The predicted molar refractivity (Wildman–Crippen MR) is 77.9 cm³/mol. The molecule has 0 atom stereocenters. The Morgan fingerprint density at radius 2 is 2.05 bits per heavy atom. The highest BCUT2D eigenvalue weighted by Crippen LogP contribution is 2.34. The molecule has 0 spiro atoms. The predicted octanol–water partition coefficient (Wildman–Crippen LogP) is 1.81. The summed E-state index contributed by atoms with van der Waals surface area (Å²) in [5, 5.41) is 0. The maximum Gasteiger partial charge on any atom is 0.265 e. The summed E-state index contributed by atoms with van der Waals surface area (Å²) in [6.45, 7) is 0.466. The second kappa shape index (κ2) is 4.79. The molecule has 104 valence electrons. The van der Waals surface area contributed by atoms with Crippen molar-refractivity contribution in [2.75, 3.05) is 16.6 Å². The van der Waals surface area contributed by atoms with Crippen LogP contribution in [0.2, 0.25) is 0 Å². The Bertz CT molecular complexity index is 729. The van der Waals surface area contributed by atoms with Gasteiger partial charge in [0, 0.05) is 24.6 Å². The smallest absolute Gasteiger partial charge is 0.265 e. The largest absolute Gasteiger partial charge is 0.398 e. The molecular weight excluding hydrogens is 274 g/mol. The maximum atomic E-state index is 12.7. The van der Waals surface area contributed by atoms with E-state index in [1.54, 1.807) is 36.5 Å². The number of fused-ring (bicyclic) bond motifs is 1. The van der Waals surface area contributed by atoms with E-state index >= 15 is 0 Å². The van der Waals surface area contributed by atoms with Crippen LogP contribution < -0.4 is 10.0 Å². The van der Waals surface area contributed by atoms with Gasteiger partial charge in [0.1, 0.15) is 4.90 Å². The zero-order valence-corrected chi connectivity index (χ0v) is 11.7. The van der Waals surface area contributed by atoms with Crippen molar-refractivity contribution < 1.29 is 8.42 Å². The van der Waals surface area contributed by atoms with Crippen molar-refractivity contribution >= 4 is 21.4 Å². The number of pyridine rings is 1. The summed E-state index contributed by atoms with van der Waals surface area (Å²) in [5.41, 5.74) is 8.19. The van der Waals surface area contributed by atoms with Crippen molar-refractivity contribution in [2.45, 2.75) is 17.7 Å². The summed E-state index contributed by atoms with van der Waals surface area (Å²) in [6.07, 6.45) is 4.50. The molecule has 0 bridgehead atoms. The molecule has 0 amide bonds. The fourth-order valence-corrected chi connectivity index (χ4v) is 3.99. The lowest BCUT2D eigenvalue weighted by Gasteiger charge is -2.31. The van der Waals surface area contributed by atoms with E-state index in [0.29, 0.717) is 17.9 Å². The minimum Gasteiger partial charge on any atom is -0.398 e. The van der Waals surface area contributed by atoms with Gasteiger partial charge in [0.15, 0.2) is 0 Å². The minimum absolute atomic E-state index is 0.204. The quantitative estimate of drug-likeness (QED) is 0.855. The molecule has 0 fully saturated rings. The van der Waals surface area contributed by atoms with Gasteiger partial charge < -0.3 is 5.73 Å². The first-order chi connectivity index (χ1) is 9.60. The number of benzene rings is 1. The molecule has 0 aliphatic carbocycles. The van der Waals surface area contributed by atoms with Crippen LogP contribution in [0.15, 0.2) is 47.6 Å². The lowest BCUT2D eigenvalue weighted by molar-refractivity contribution is 0.586.